The van der Waals surface area contributed by atoms with E-state index < -0.39 is 18.0 Å². The summed E-state index contributed by atoms with van der Waals surface area (Å²) in [5, 5.41) is 11.1. The average molecular weight is 224 g/mol. The van der Waals surface area contributed by atoms with Crippen molar-refractivity contribution in [3.05, 3.63) is 29.8 Å². The van der Waals surface area contributed by atoms with Gasteiger partial charge >= 0.3 is 12.0 Å². The number of nitrogens with two attached hydrogens (primary N) is 1. The molecule has 1 aromatic rings. The van der Waals surface area contributed by atoms with E-state index >= 15 is 0 Å². The number of aliphatic carboxylic acids is 1. The van der Waals surface area contributed by atoms with Gasteiger partial charge in [-0.15, -0.1) is 0 Å². The van der Waals surface area contributed by atoms with Gasteiger partial charge in [0.15, 0.2) is 6.04 Å². The number of carboxylic acid groups (broad SMARTS) is 1. The van der Waals surface area contributed by atoms with Crippen molar-refractivity contribution in [2.75, 3.05) is 7.11 Å². The first-order chi connectivity index (χ1) is 7.56. The first-order valence-electron chi connectivity index (χ1n) is 4.48. The summed E-state index contributed by atoms with van der Waals surface area (Å²) < 4.78 is 5.00. The largest absolute Gasteiger partial charge is 0.496 e. The summed E-state index contributed by atoms with van der Waals surface area (Å²) in [7, 11) is 1.42. The highest BCUT2D eigenvalue weighted by molar-refractivity contribution is 5.83. The average Bonchev–Trinajstić information content (AvgIpc) is 2.25. The molecular formula is C10H12N2O4. The van der Waals surface area contributed by atoms with Gasteiger partial charge in [0.25, 0.3) is 0 Å². The summed E-state index contributed by atoms with van der Waals surface area (Å²) in [4.78, 5) is 21.7. The Hall–Kier alpha value is -2.24. The third-order valence-electron chi connectivity index (χ3n) is 1.98. The Morgan fingerprint density at radius 2 is 2.06 bits per heavy atom. The van der Waals surface area contributed by atoms with Crippen LogP contribution in [0, 0.1) is 0 Å². The van der Waals surface area contributed by atoms with Crippen molar-refractivity contribution in [2.24, 2.45) is 5.73 Å². The lowest BCUT2D eigenvalue weighted by atomic mass is 10.1. The molecule has 0 fully saturated rings. The molecule has 86 valence electrons. The number of carboxylic acids is 1. The number of nitrogens with one attached hydrogen (secondary N) is 1. The minimum Gasteiger partial charge on any atom is -0.496 e. The molecule has 16 heavy (non-hydrogen) atoms. The molecule has 1 rings (SSSR count). The van der Waals surface area contributed by atoms with Crippen LogP contribution in [0.25, 0.3) is 0 Å². The van der Waals surface area contributed by atoms with Crippen LogP contribution in [0.5, 0.6) is 5.75 Å². The lowest BCUT2D eigenvalue weighted by Crippen LogP contribution is -2.37. The highest BCUT2D eigenvalue weighted by Gasteiger charge is 2.23. The van der Waals surface area contributed by atoms with E-state index in [-0.39, 0.29) is 0 Å². The molecule has 1 aromatic carbocycles. The number of para-hydroxylation sites is 1. The van der Waals surface area contributed by atoms with E-state index in [2.05, 4.69) is 5.32 Å². The normalized spacial score (nSPS) is 11.6. The molecule has 0 aliphatic heterocycles. The first-order valence-corrected chi connectivity index (χ1v) is 4.48. The minimum atomic E-state index is -1.21. The molecule has 0 bridgehead atoms. The molecule has 0 saturated heterocycles. The van der Waals surface area contributed by atoms with Crippen molar-refractivity contribution in [3.63, 3.8) is 0 Å². The van der Waals surface area contributed by atoms with Crippen LogP contribution in [0.3, 0.4) is 0 Å². The van der Waals surface area contributed by atoms with Crippen molar-refractivity contribution >= 4 is 12.0 Å². The fourth-order valence-corrected chi connectivity index (χ4v) is 1.32. The van der Waals surface area contributed by atoms with E-state index in [1.54, 1.807) is 24.3 Å². The Balaban J connectivity index is 3.10. The van der Waals surface area contributed by atoms with E-state index in [1.165, 1.54) is 7.11 Å². The van der Waals surface area contributed by atoms with Gasteiger partial charge in [0, 0.05) is 5.56 Å². The maximum Gasteiger partial charge on any atom is 0.331 e. The van der Waals surface area contributed by atoms with Crippen molar-refractivity contribution in [1.29, 1.82) is 0 Å². The number of rotatable bonds is 4. The van der Waals surface area contributed by atoms with Crippen LogP contribution in [-0.4, -0.2) is 24.2 Å². The second-order valence-electron chi connectivity index (χ2n) is 3.02. The zero-order valence-electron chi connectivity index (χ0n) is 8.64. The predicted octanol–water partition coefficient (Wildman–Crippen LogP) is 0.489. The Morgan fingerprint density at radius 3 is 2.56 bits per heavy atom. The number of benzene rings is 1. The van der Waals surface area contributed by atoms with Crippen LogP contribution in [0.4, 0.5) is 4.79 Å². The van der Waals surface area contributed by atoms with Gasteiger partial charge in [-0.3, -0.25) is 0 Å². The maximum absolute atomic E-state index is 11.0. The molecule has 0 aliphatic rings. The van der Waals surface area contributed by atoms with E-state index in [9.17, 15) is 9.59 Å². The molecule has 0 spiro atoms. The van der Waals surface area contributed by atoms with Gasteiger partial charge in [0.05, 0.1) is 7.11 Å². The van der Waals surface area contributed by atoms with Crippen LogP contribution in [0.1, 0.15) is 11.6 Å². The highest BCUT2D eigenvalue weighted by atomic mass is 16.5. The SMILES string of the molecule is COc1ccccc1[C@@H](NC(N)=O)C(=O)O. The van der Waals surface area contributed by atoms with Crippen LogP contribution >= 0.6 is 0 Å². The molecule has 0 radical (unpaired) electrons. The van der Waals surface area contributed by atoms with E-state index in [4.69, 9.17) is 15.6 Å². The lowest BCUT2D eigenvalue weighted by Gasteiger charge is -2.16. The Bertz CT molecular complexity index is 406. The van der Waals surface area contributed by atoms with Gasteiger partial charge in [-0.25, -0.2) is 9.59 Å². The smallest absolute Gasteiger partial charge is 0.331 e. The lowest BCUT2D eigenvalue weighted by molar-refractivity contribution is -0.139. The van der Waals surface area contributed by atoms with E-state index in [0.29, 0.717) is 11.3 Å². The van der Waals surface area contributed by atoms with Gasteiger partial charge in [-0.05, 0) is 6.07 Å². The van der Waals surface area contributed by atoms with Crippen molar-refractivity contribution in [3.8, 4) is 5.75 Å². The van der Waals surface area contributed by atoms with E-state index in [1.807, 2.05) is 0 Å². The van der Waals surface area contributed by atoms with Gasteiger partial charge in [0.2, 0.25) is 0 Å². The Kier molecular flexibility index (Phi) is 3.71. The number of hydrogen-bond donors (Lipinski definition) is 3. The zero-order chi connectivity index (χ0) is 12.1. The van der Waals surface area contributed by atoms with Crippen molar-refractivity contribution in [2.45, 2.75) is 6.04 Å². The minimum absolute atomic E-state index is 0.344. The molecule has 0 unspecified atom stereocenters. The molecule has 1 atom stereocenters. The fraction of sp³-hybridized carbons (Fsp3) is 0.200. The molecular weight excluding hydrogens is 212 g/mol. The van der Waals surface area contributed by atoms with Crippen LogP contribution in [0.15, 0.2) is 24.3 Å². The van der Waals surface area contributed by atoms with Crippen LogP contribution < -0.4 is 15.8 Å². The second-order valence-corrected chi connectivity index (χ2v) is 3.02. The summed E-state index contributed by atoms with van der Waals surface area (Å²) in [5.74, 6) is -0.827. The number of urea groups is 1. The molecule has 2 amide bonds. The van der Waals surface area contributed by atoms with Gasteiger partial charge in [-0.1, -0.05) is 18.2 Å². The summed E-state index contributed by atoms with van der Waals surface area (Å²) in [6.07, 6.45) is 0. The number of carbonyl (C=O) groups excluding carboxylic acids is 1. The number of primary amides is 1. The zero-order valence-corrected chi connectivity index (χ0v) is 8.64. The van der Waals surface area contributed by atoms with Gasteiger partial charge in [0.1, 0.15) is 5.75 Å². The molecule has 6 heteroatoms. The molecule has 6 nitrogen and oxygen atoms in total. The first kappa shape index (κ1) is 11.8. The Labute approximate surface area is 92.0 Å². The number of carbonyl (C=O) groups is 2. The number of methoxy groups -OCH3 is 1. The standard InChI is InChI=1S/C10H12N2O4/c1-16-7-5-3-2-4-6(7)8(9(13)14)12-10(11)15/h2-5,8H,1H3,(H,13,14)(H3,11,12,15)/t8-/m1/s1. The molecule has 0 saturated carbocycles. The Morgan fingerprint density at radius 1 is 1.44 bits per heavy atom. The second kappa shape index (κ2) is 5.01. The molecule has 4 N–H and O–H groups in total. The predicted molar refractivity (Wildman–Crippen MR) is 56.1 cm³/mol. The topological polar surface area (TPSA) is 102 Å². The third kappa shape index (κ3) is 2.63. The summed E-state index contributed by atoms with van der Waals surface area (Å²) in [5.41, 5.74) is 5.25. The summed E-state index contributed by atoms with van der Waals surface area (Å²) in [6.45, 7) is 0. The van der Waals surface area contributed by atoms with Crippen LogP contribution in [0.2, 0.25) is 0 Å². The highest BCUT2D eigenvalue weighted by Crippen LogP contribution is 2.24. The van der Waals surface area contributed by atoms with Crippen LogP contribution in [-0.2, 0) is 4.79 Å². The summed E-state index contributed by atoms with van der Waals surface area (Å²) in [6, 6.07) is 4.38. The quantitative estimate of drug-likeness (QED) is 0.692. The van der Waals surface area contributed by atoms with E-state index in [0.717, 1.165) is 0 Å². The molecule has 0 heterocycles. The number of amides is 2. The molecule has 0 aromatic heterocycles. The fourth-order valence-electron chi connectivity index (χ4n) is 1.32. The van der Waals surface area contributed by atoms with Gasteiger partial charge < -0.3 is 20.9 Å². The van der Waals surface area contributed by atoms with Gasteiger partial charge in [-0.2, -0.15) is 0 Å². The number of hydrogen-bond acceptors (Lipinski definition) is 3. The molecule has 0 aliphatic carbocycles. The third-order valence-corrected chi connectivity index (χ3v) is 1.98. The van der Waals surface area contributed by atoms with Crippen molar-refractivity contribution in [1.82, 2.24) is 5.32 Å². The number of ether oxygens (including phenoxy) is 1. The monoisotopic (exact) mass is 224 g/mol. The maximum atomic E-state index is 11.0. The van der Waals surface area contributed by atoms with Crippen molar-refractivity contribution < 1.29 is 19.4 Å². The summed E-state index contributed by atoms with van der Waals surface area (Å²) >= 11 is 0.